The molecular formula is C10H13BrClNO. The summed E-state index contributed by atoms with van der Waals surface area (Å²) in [6.45, 7) is 2.80. The quantitative estimate of drug-likeness (QED) is 0.887. The van der Waals surface area contributed by atoms with E-state index in [0.29, 0.717) is 0 Å². The molecule has 0 aromatic heterocycles. The third-order valence-corrected chi connectivity index (χ3v) is 2.90. The average molecular weight is 279 g/mol. The number of aliphatic hydroxyl groups excluding tert-OH is 1. The van der Waals surface area contributed by atoms with Crippen molar-refractivity contribution >= 4 is 27.5 Å². The number of nitrogens with one attached hydrogen (secondary N) is 1. The highest BCUT2D eigenvalue weighted by atomic mass is 79.9. The summed E-state index contributed by atoms with van der Waals surface area (Å²) < 4.78 is 0.989. The van der Waals surface area contributed by atoms with E-state index in [2.05, 4.69) is 21.2 Å². The minimum Gasteiger partial charge on any atom is -0.395 e. The molecule has 1 aromatic rings. The smallest absolute Gasteiger partial charge is 0.0582 e. The van der Waals surface area contributed by atoms with Crippen molar-refractivity contribution in [3.63, 3.8) is 0 Å². The Morgan fingerprint density at radius 3 is 2.86 bits per heavy atom. The summed E-state index contributed by atoms with van der Waals surface area (Å²) in [5.41, 5.74) is 1.13. The molecule has 78 valence electrons. The van der Waals surface area contributed by atoms with Crippen LogP contribution in [0.25, 0.3) is 0 Å². The summed E-state index contributed by atoms with van der Waals surface area (Å²) >= 11 is 9.25. The van der Waals surface area contributed by atoms with E-state index in [4.69, 9.17) is 16.7 Å². The van der Waals surface area contributed by atoms with E-state index in [1.165, 1.54) is 0 Å². The van der Waals surface area contributed by atoms with Gasteiger partial charge in [0.1, 0.15) is 0 Å². The Bertz CT molecular complexity index is 306. The van der Waals surface area contributed by atoms with Crippen molar-refractivity contribution in [3.05, 3.63) is 33.3 Å². The molecule has 0 saturated carbocycles. The molecule has 0 amide bonds. The summed E-state index contributed by atoms with van der Waals surface area (Å²) in [6.07, 6.45) is 0. The molecule has 0 spiro atoms. The van der Waals surface area contributed by atoms with E-state index in [1.54, 1.807) is 0 Å². The number of halogens is 2. The highest BCUT2D eigenvalue weighted by Gasteiger charge is 2.02. The van der Waals surface area contributed by atoms with Crippen LogP contribution in [0.1, 0.15) is 12.5 Å². The zero-order chi connectivity index (χ0) is 10.6. The van der Waals surface area contributed by atoms with Crippen LogP contribution in [-0.2, 0) is 6.54 Å². The Morgan fingerprint density at radius 2 is 2.29 bits per heavy atom. The first kappa shape index (κ1) is 12.0. The Balaban J connectivity index is 2.59. The molecule has 0 aliphatic heterocycles. The fraction of sp³-hybridized carbons (Fsp3) is 0.400. The Morgan fingerprint density at radius 1 is 1.57 bits per heavy atom. The zero-order valence-corrected chi connectivity index (χ0v) is 10.3. The maximum atomic E-state index is 8.83. The molecule has 0 heterocycles. The summed E-state index contributed by atoms with van der Waals surface area (Å²) in [5.74, 6) is 0. The second-order valence-corrected chi connectivity index (χ2v) is 4.49. The molecule has 1 aromatic carbocycles. The summed E-state index contributed by atoms with van der Waals surface area (Å²) in [7, 11) is 0. The van der Waals surface area contributed by atoms with Crippen molar-refractivity contribution in [3.8, 4) is 0 Å². The molecule has 0 bridgehead atoms. The van der Waals surface area contributed by atoms with E-state index in [9.17, 15) is 0 Å². The van der Waals surface area contributed by atoms with E-state index in [1.807, 2.05) is 25.1 Å². The first-order valence-corrected chi connectivity index (χ1v) is 5.58. The molecule has 0 radical (unpaired) electrons. The van der Waals surface area contributed by atoms with Gasteiger partial charge in [-0.15, -0.1) is 0 Å². The van der Waals surface area contributed by atoms with Crippen molar-refractivity contribution < 1.29 is 5.11 Å². The van der Waals surface area contributed by atoms with Gasteiger partial charge in [-0.3, -0.25) is 0 Å². The lowest BCUT2D eigenvalue weighted by atomic mass is 10.2. The molecule has 0 aliphatic carbocycles. The number of hydrogen-bond acceptors (Lipinski definition) is 2. The average Bonchev–Trinajstić information content (AvgIpc) is 2.16. The van der Waals surface area contributed by atoms with Gasteiger partial charge in [-0.1, -0.05) is 33.6 Å². The van der Waals surface area contributed by atoms with Gasteiger partial charge in [0.25, 0.3) is 0 Å². The predicted molar refractivity (Wildman–Crippen MR) is 62.5 cm³/mol. The second kappa shape index (κ2) is 5.71. The highest BCUT2D eigenvalue weighted by molar-refractivity contribution is 9.10. The van der Waals surface area contributed by atoms with Gasteiger partial charge in [0, 0.05) is 22.1 Å². The topological polar surface area (TPSA) is 32.3 Å². The molecule has 1 rings (SSSR count). The predicted octanol–water partition coefficient (Wildman–Crippen LogP) is 2.57. The number of hydrogen-bond donors (Lipinski definition) is 2. The Labute approximate surface area is 97.4 Å². The lowest BCUT2D eigenvalue weighted by molar-refractivity contribution is 0.251. The van der Waals surface area contributed by atoms with E-state index in [-0.39, 0.29) is 12.6 Å². The van der Waals surface area contributed by atoms with Crippen molar-refractivity contribution in [2.45, 2.75) is 19.5 Å². The molecule has 0 saturated heterocycles. The van der Waals surface area contributed by atoms with Crippen LogP contribution in [0.5, 0.6) is 0 Å². The summed E-state index contributed by atoms with van der Waals surface area (Å²) in [5, 5.41) is 12.7. The standard InChI is InChI=1S/C10H13BrClNO/c1-7(6-14)13-5-8-2-3-9(12)4-10(8)11/h2-4,7,13-14H,5-6H2,1H3/t7-/m0/s1. The molecule has 0 aliphatic rings. The third kappa shape index (κ3) is 3.58. The molecule has 2 nitrogen and oxygen atoms in total. The lowest BCUT2D eigenvalue weighted by Crippen LogP contribution is -2.28. The van der Waals surface area contributed by atoms with E-state index in [0.717, 1.165) is 21.6 Å². The SMILES string of the molecule is C[C@@H](CO)NCc1ccc(Cl)cc1Br. The van der Waals surface area contributed by atoms with Crippen LogP contribution in [-0.4, -0.2) is 17.8 Å². The summed E-state index contributed by atoms with van der Waals surface area (Å²) in [6, 6.07) is 5.79. The van der Waals surface area contributed by atoms with Crippen molar-refractivity contribution in [2.75, 3.05) is 6.61 Å². The molecule has 0 unspecified atom stereocenters. The second-order valence-electron chi connectivity index (χ2n) is 3.20. The van der Waals surface area contributed by atoms with Crippen LogP contribution in [0.15, 0.2) is 22.7 Å². The minimum atomic E-state index is 0.109. The van der Waals surface area contributed by atoms with Gasteiger partial charge in [0.2, 0.25) is 0 Å². The Kier molecular flexibility index (Phi) is 4.89. The molecular weight excluding hydrogens is 265 g/mol. The first-order valence-electron chi connectivity index (χ1n) is 4.41. The van der Waals surface area contributed by atoms with Gasteiger partial charge in [-0.25, -0.2) is 0 Å². The number of aliphatic hydroxyl groups is 1. The monoisotopic (exact) mass is 277 g/mol. The van der Waals surface area contributed by atoms with Gasteiger partial charge in [-0.05, 0) is 24.6 Å². The molecule has 14 heavy (non-hydrogen) atoms. The highest BCUT2D eigenvalue weighted by Crippen LogP contribution is 2.21. The van der Waals surface area contributed by atoms with Gasteiger partial charge in [0.05, 0.1) is 6.61 Å². The third-order valence-electron chi connectivity index (χ3n) is 1.93. The number of rotatable bonds is 4. The lowest BCUT2D eigenvalue weighted by Gasteiger charge is -2.11. The van der Waals surface area contributed by atoms with E-state index >= 15 is 0 Å². The largest absolute Gasteiger partial charge is 0.395 e. The molecule has 0 fully saturated rings. The van der Waals surface area contributed by atoms with E-state index < -0.39 is 0 Å². The molecule has 4 heteroatoms. The van der Waals surface area contributed by atoms with Gasteiger partial charge in [0.15, 0.2) is 0 Å². The van der Waals surface area contributed by atoms with Crippen LogP contribution in [0, 0.1) is 0 Å². The van der Waals surface area contributed by atoms with Crippen LogP contribution in [0.4, 0.5) is 0 Å². The first-order chi connectivity index (χ1) is 6.63. The zero-order valence-electron chi connectivity index (χ0n) is 7.93. The Hall–Kier alpha value is -0.0900. The molecule has 2 N–H and O–H groups in total. The maximum absolute atomic E-state index is 8.83. The van der Waals surface area contributed by atoms with Gasteiger partial charge in [-0.2, -0.15) is 0 Å². The molecule has 1 atom stereocenters. The fourth-order valence-electron chi connectivity index (χ4n) is 1.01. The fourth-order valence-corrected chi connectivity index (χ4v) is 1.84. The normalized spacial score (nSPS) is 12.9. The van der Waals surface area contributed by atoms with Crippen molar-refractivity contribution in [1.29, 1.82) is 0 Å². The number of benzene rings is 1. The summed E-state index contributed by atoms with van der Waals surface area (Å²) in [4.78, 5) is 0. The van der Waals surface area contributed by atoms with Gasteiger partial charge >= 0.3 is 0 Å². The van der Waals surface area contributed by atoms with Crippen molar-refractivity contribution in [2.24, 2.45) is 0 Å². The minimum absolute atomic E-state index is 0.109. The maximum Gasteiger partial charge on any atom is 0.0582 e. The van der Waals surface area contributed by atoms with Crippen LogP contribution in [0.2, 0.25) is 5.02 Å². The van der Waals surface area contributed by atoms with Crippen LogP contribution >= 0.6 is 27.5 Å². The van der Waals surface area contributed by atoms with Crippen LogP contribution < -0.4 is 5.32 Å². The van der Waals surface area contributed by atoms with Gasteiger partial charge < -0.3 is 10.4 Å². The van der Waals surface area contributed by atoms with Crippen molar-refractivity contribution in [1.82, 2.24) is 5.32 Å². The van der Waals surface area contributed by atoms with Crippen LogP contribution in [0.3, 0.4) is 0 Å².